The highest BCUT2D eigenvalue weighted by Gasteiger charge is 2.52. The minimum atomic E-state index is -0.459. The summed E-state index contributed by atoms with van der Waals surface area (Å²) in [6.45, 7) is 12.6. The van der Waals surface area contributed by atoms with Gasteiger partial charge in [0.1, 0.15) is 5.75 Å². The average molecular weight is 362 g/mol. The van der Waals surface area contributed by atoms with Gasteiger partial charge in [-0.3, -0.25) is 0 Å². The Morgan fingerprint density at radius 2 is 1.65 bits per heavy atom. The summed E-state index contributed by atoms with van der Waals surface area (Å²) in [4.78, 5) is 4.75. The van der Waals surface area contributed by atoms with Crippen LogP contribution in [0.5, 0.6) is 5.75 Å². The summed E-state index contributed by atoms with van der Waals surface area (Å²) in [5, 5.41) is 0. The zero-order valence-electron chi connectivity index (χ0n) is 16.9. The molecule has 1 aromatic carbocycles. The Hall–Kier alpha value is -1.28. The van der Waals surface area contributed by atoms with E-state index in [9.17, 15) is 0 Å². The molecule has 144 valence electrons. The molecule has 0 atom stereocenters. The molecule has 0 bridgehead atoms. The molecule has 26 heavy (non-hydrogen) atoms. The van der Waals surface area contributed by atoms with Crippen LogP contribution >= 0.6 is 0 Å². The molecule has 2 aliphatic rings. The van der Waals surface area contributed by atoms with Gasteiger partial charge in [0.05, 0.1) is 11.2 Å². The van der Waals surface area contributed by atoms with Crippen LogP contribution in [0.4, 0.5) is 5.69 Å². The van der Waals surface area contributed by atoms with E-state index in [-0.39, 0.29) is 18.0 Å². The highest BCUT2D eigenvalue weighted by Crippen LogP contribution is 2.37. The molecule has 0 saturated carbocycles. The standard InChI is InChI=1S/C19H31BN2O4/c1-18(2)19(3,4)26-20(25-18)16-13-15(7-8-17(16)24-14-23-6)22-11-9-21(5)10-12-22/h7-8,13H,9-12,14H2,1-6H3. The van der Waals surface area contributed by atoms with E-state index < -0.39 is 7.12 Å². The third-order valence-electron chi connectivity index (χ3n) is 5.70. The van der Waals surface area contributed by atoms with Crippen molar-refractivity contribution in [3.63, 3.8) is 0 Å². The molecule has 0 aliphatic carbocycles. The number of benzene rings is 1. The van der Waals surface area contributed by atoms with E-state index in [1.54, 1.807) is 7.11 Å². The van der Waals surface area contributed by atoms with E-state index in [0.29, 0.717) is 0 Å². The van der Waals surface area contributed by atoms with Gasteiger partial charge in [0, 0.05) is 44.4 Å². The Bertz CT molecular complexity index is 614. The number of anilines is 1. The summed E-state index contributed by atoms with van der Waals surface area (Å²) in [7, 11) is 3.32. The number of methoxy groups -OCH3 is 1. The molecule has 0 amide bonds. The fraction of sp³-hybridized carbons (Fsp3) is 0.684. The zero-order chi connectivity index (χ0) is 18.9. The molecule has 2 heterocycles. The minimum Gasteiger partial charge on any atom is -0.468 e. The zero-order valence-corrected chi connectivity index (χ0v) is 16.9. The second kappa shape index (κ2) is 7.39. The van der Waals surface area contributed by atoms with Crippen LogP contribution in [0, 0.1) is 0 Å². The van der Waals surface area contributed by atoms with Crippen molar-refractivity contribution in [2.75, 3.05) is 52.0 Å². The van der Waals surface area contributed by atoms with E-state index in [1.807, 2.05) is 6.07 Å². The lowest BCUT2D eigenvalue weighted by atomic mass is 9.78. The maximum absolute atomic E-state index is 6.26. The quantitative estimate of drug-likeness (QED) is 0.587. The van der Waals surface area contributed by atoms with Gasteiger partial charge in [-0.25, -0.2) is 0 Å². The summed E-state index contributed by atoms with van der Waals surface area (Å²) in [6.07, 6.45) is 0. The lowest BCUT2D eigenvalue weighted by molar-refractivity contribution is 0.00578. The fourth-order valence-electron chi connectivity index (χ4n) is 3.21. The van der Waals surface area contributed by atoms with Crippen LogP contribution in [0.1, 0.15) is 27.7 Å². The van der Waals surface area contributed by atoms with Gasteiger partial charge in [-0.15, -0.1) is 0 Å². The van der Waals surface area contributed by atoms with Gasteiger partial charge in [0.15, 0.2) is 6.79 Å². The molecule has 2 saturated heterocycles. The fourth-order valence-corrected chi connectivity index (χ4v) is 3.21. The minimum absolute atomic E-state index is 0.195. The number of piperazine rings is 1. The molecule has 0 radical (unpaired) electrons. The van der Waals surface area contributed by atoms with Gasteiger partial charge in [-0.2, -0.15) is 0 Å². The summed E-state index contributed by atoms with van der Waals surface area (Å²) in [5.74, 6) is 0.739. The predicted molar refractivity (Wildman–Crippen MR) is 104 cm³/mol. The van der Waals surface area contributed by atoms with E-state index in [2.05, 4.69) is 56.7 Å². The molecule has 3 rings (SSSR count). The third kappa shape index (κ3) is 3.86. The first-order chi connectivity index (χ1) is 12.2. The van der Waals surface area contributed by atoms with E-state index in [0.717, 1.165) is 37.4 Å². The van der Waals surface area contributed by atoms with Crippen molar-refractivity contribution in [2.24, 2.45) is 0 Å². The van der Waals surface area contributed by atoms with Crippen LogP contribution in [0.2, 0.25) is 0 Å². The summed E-state index contributed by atoms with van der Waals surface area (Å²) in [6, 6.07) is 6.23. The van der Waals surface area contributed by atoms with Crippen molar-refractivity contribution < 1.29 is 18.8 Å². The summed E-state index contributed by atoms with van der Waals surface area (Å²) < 4.78 is 23.4. The van der Waals surface area contributed by atoms with Crippen molar-refractivity contribution in [3.8, 4) is 5.75 Å². The number of hydrogen-bond acceptors (Lipinski definition) is 6. The highest BCUT2D eigenvalue weighted by molar-refractivity contribution is 6.63. The molecule has 6 nitrogen and oxygen atoms in total. The molecule has 2 aliphatic heterocycles. The smallest absolute Gasteiger partial charge is 0.468 e. The van der Waals surface area contributed by atoms with Gasteiger partial charge >= 0.3 is 7.12 Å². The van der Waals surface area contributed by atoms with Crippen molar-refractivity contribution in [2.45, 2.75) is 38.9 Å². The monoisotopic (exact) mass is 362 g/mol. The van der Waals surface area contributed by atoms with Crippen molar-refractivity contribution in [1.29, 1.82) is 0 Å². The topological polar surface area (TPSA) is 43.4 Å². The molecule has 0 aromatic heterocycles. The summed E-state index contributed by atoms with van der Waals surface area (Å²) >= 11 is 0. The number of rotatable bonds is 5. The Kier molecular flexibility index (Phi) is 5.54. The number of hydrogen-bond donors (Lipinski definition) is 0. The molecular formula is C19H31BN2O4. The second-order valence-electron chi connectivity index (χ2n) is 8.15. The Morgan fingerprint density at radius 3 is 2.23 bits per heavy atom. The second-order valence-corrected chi connectivity index (χ2v) is 8.15. The first-order valence-electron chi connectivity index (χ1n) is 9.28. The van der Waals surface area contributed by atoms with Crippen LogP contribution in [0.15, 0.2) is 18.2 Å². The maximum atomic E-state index is 6.26. The SMILES string of the molecule is COCOc1ccc(N2CCN(C)CC2)cc1B1OC(C)(C)C(C)(C)O1. The van der Waals surface area contributed by atoms with Gasteiger partial charge in [-0.1, -0.05) is 0 Å². The normalized spacial score (nSPS) is 22.7. The van der Waals surface area contributed by atoms with Crippen LogP contribution in [0.25, 0.3) is 0 Å². The van der Waals surface area contributed by atoms with E-state index >= 15 is 0 Å². The predicted octanol–water partition coefficient (Wildman–Crippen LogP) is 1.72. The number of ether oxygens (including phenoxy) is 2. The van der Waals surface area contributed by atoms with E-state index in [1.165, 1.54) is 5.69 Å². The van der Waals surface area contributed by atoms with Crippen molar-refractivity contribution in [3.05, 3.63) is 18.2 Å². The molecular weight excluding hydrogens is 331 g/mol. The van der Waals surface area contributed by atoms with Crippen LogP contribution < -0.4 is 15.1 Å². The first-order valence-corrected chi connectivity index (χ1v) is 9.28. The summed E-state index contributed by atoms with van der Waals surface area (Å²) in [5.41, 5.74) is 1.31. The van der Waals surface area contributed by atoms with Gasteiger partial charge in [-0.05, 0) is 52.9 Å². The third-order valence-corrected chi connectivity index (χ3v) is 5.70. The lowest BCUT2D eigenvalue weighted by Gasteiger charge is -2.34. The number of nitrogens with zero attached hydrogens (tertiary/aromatic N) is 2. The molecule has 1 aromatic rings. The molecule has 0 unspecified atom stereocenters. The van der Waals surface area contributed by atoms with Gasteiger partial charge in [0.25, 0.3) is 0 Å². The largest absolute Gasteiger partial charge is 0.498 e. The first kappa shape index (κ1) is 19.5. The van der Waals surface area contributed by atoms with Crippen LogP contribution in [-0.2, 0) is 14.0 Å². The van der Waals surface area contributed by atoms with Crippen LogP contribution in [0.3, 0.4) is 0 Å². The highest BCUT2D eigenvalue weighted by atomic mass is 16.7. The Balaban J connectivity index is 1.89. The molecule has 7 heteroatoms. The van der Waals surface area contributed by atoms with E-state index in [4.69, 9.17) is 18.8 Å². The number of likely N-dealkylation sites (N-methyl/N-ethyl adjacent to an activating group) is 1. The van der Waals surface area contributed by atoms with Gasteiger partial charge < -0.3 is 28.6 Å². The lowest BCUT2D eigenvalue weighted by Crippen LogP contribution is -2.45. The van der Waals surface area contributed by atoms with Crippen molar-refractivity contribution >= 4 is 18.3 Å². The Labute approximate surface area is 157 Å². The molecule has 0 N–H and O–H groups in total. The molecule has 2 fully saturated rings. The Morgan fingerprint density at radius 1 is 1.04 bits per heavy atom. The average Bonchev–Trinajstić information content (AvgIpc) is 2.81. The maximum Gasteiger partial charge on any atom is 0.498 e. The molecule has 0 spiro atoms. The van der Waals surface area contributed by atoms with Gasteiger partial charge in [0.2, 0.25) is 0 Å². The van der Waals surface area contributed by atoms with Crippen molar-refractivity contribution in [1.82, 2.24) is 4.90 Å². The van der Waals surface area contributed by atoms with Crippen LogP contribution in [-0.4, -0.2) is 70.3 Å².